The summed E-state index contributed by atoms with van der Waals surface area (Å²) in [5.74, 6) is 0.384. The molecule has 0 radical (unpaired) electrons. The maximum atomic E-state index is 10.6. The largest absolute Gasteiger partial charge is 0.396 e. The predicted molar refractivity (Wildman–Crippen MR) is 127 cm³/mol. The molecule has 0 bridgehead atoms. The van der Waals surface area contributed by atoms with Crippen molar-refractivity contribution in [2.24, 2.45) is 11.7 Å². The molecule has 0 aliphatic heterocycles. The van der Waals surface area contributed by atoms with Crippen LogP contribution in [0.3, 0.4) is 0 Å². The van der Waals surface area contributed by atoms with Crippen molar-refractivity contribution in [1.29, 1.82) is 0 Å². The topological polar surface area (TPSA) is 63.3 Å². The Morgan fingerprint density at radius 2 is 1.17 bits per heavy atom. The van der Waals surface area contributed by atoms with Gasteiger partial charge >= 0.3 is 0 Å². The molecule has 0 spiro atoms. The number of hydrogen-bond acceptors (Lipinski definition) is 2. The molecule has 0 aliphatic rings. The number of rotatable bonds is 23. The van der Waals surface area contributed by atoms with Gasteiger partial charge in [0.15, 0.2) is 0 Å². The van der Waals surface area contributed by atoms with Crippen LogP contribution >= 0.6 is 0 Å². The minimum atomic E-state index is -0.165. The van der Waals surface area contributed by atoms with E-state index < -0.39 is 0 Å². The lowest BCUT2D eigenvalue weighted by molar-refractivity contribution is -0.118. The van der Waals surface area contributed by atoms with Gasteiger partial charge in [-0.05, 0) is 50.9 Å². The molecule has 1 amide bonds. The van der Waals surface area contributed by atoms with Crippen molar-refractivity contribution in [3.8, 4) is 0 Å². The first-order valence-corrected chi connectivity index (χ1v) is 12.7. The van der Waals surface area contributed by atoms with Crippen LogP contribution in [0.4, 0.5) is 0 Å². The SMILES string of the molecule is CCCCC(CO)CCCCCCCC/C=C\CCCCCCCCCC(N)=O. The molecule has 3 heteroatoms. The van der Waals surface area contributed by atoms with E-state index in [0.29, 0.717) is 18.9 Å². The summed E-state index contributed by atoms with van der Waals surface area (Å²) >= 11 is 0. The third-order valence-corrected chi connectivity index (χ3v) is 5.92. The number of nitrogens with two attached hydrogens (primary N) is 1. The smallest absolute Gasteiger partial charge is 0.217 e. The zero-order valence-electron chi connectivity index (χ0n) is 19.5. The molecular formula is C26H51NO2. The number of unbranched alkanes of at least 4 members (excludes halogenated alkanes) is 14. The van der Waals surface area contributed by atoms with E-state index in [4.69, 9.17) is 5.73 Å². The number of hydrogen-bond donors (Lipinski definition) is 2. The van der Waals surface area contributed by atoms with E-state index in [-0.39, 0.29) is 5.91 Å². The zero-order chi connectivity index (χ0) is 21.4. The minimum Gasteiger partial charge on any atom is -0.396 e. The predicted octanol–water partition coefficient (Wildman–Crippen LogP) is 7.46. The van der Waals surface area contributed by atoms with Crippen LogP contribution in [0.15, 0.2) is 12.2 Å². The van der Waals surface area contributed by atoms with Gasteiger partial charge in [-0.15, -0.1) is 0 Å². The van der Waals surface area contributed by atoms with Gasteiger partial charge in [0.05, 0.1) is 0 Å². The van der Waals surface area contributed by atoms with Crippen LogP contribution in [0.1, 0.15) is 135 Å². The van der Waals surface area contributed by atoms with Crippen molar-refractivity contribution >= 4 is 5.91 Å². The summed E-state index contributed by atoms with van der Waals surface area (Å²) in [6.07, 6.45) is 29.3. The fraction of sp³-hybridized carbons (Fsp3) is 0.885. The number of aliphatic hydroxyl groups is 1. The van der Waals surface area contributed by atoms with E-state index in [9.17, 15) is 9.90 Å². The van der Waals surface area contributed by atoms with E-state index in [1.165, 1.54) is 109 Å². The molecule has 0 aliphatic carbocycles. The first kappa shape index (κ1) is 28.2. The monoisotopic (exact) mass is 409 g/mol. The molecule has 0 aromatic carbocycles. The molecule has 0 saturated heterocycles. The Morgan fingerprint density at radius 1 is 0.724 bits per heavy atom. The van der Waals surface area contributed by atoms with Crippen molar-refractivity contribution < 1.29 is 9.90 Å². The van der Waals surface area contributed by atoms with Gasteiger partial charge in [-0.1, -0.05) is 96.1 Å². The second-order valence-corrected chi connectivity index (χ2v) is 8.84. The van der Waals surface area contributed by atoms with Crippen LogP contribution in [0.2, 0.25) is 0 Å². The maximum absolute atomic E-state index is 10.6. The first-order valence-electron chi connectivity index (χ1n) is 12.7. The molecule has 0 saturated carbocycles. The Bertz CT molecular complexity index is 368. The highest BCUT2D eigenvalue weighted by Gasteiger charge is 2.06. The lowest BCUT2D eigenvalue weighted by atomic mass is 9.96. The van der Waals surface area contributed by atoms with Gasteiger partial charge in [-0.2, -0.15) is 0 Å². The first-order chi connectivity index (χ1) is 14.2. The van der Waals surface area contributed by atoms with Crippen LogP contribution in [0, 0.1) is 5.92 Å². The van der Waals surface area contributed by atoms with Gasteiger partial charge < -0.3 is 10.8 Å². The molecule has 0 fully saturated rings. The molecule has 3 nitrogen and oxygen atoms in total. The van der Waals surface area contributed by atoms with Gasteiger partial charge in [-0.25, -0.2) is 0 Å². The van der Waals surface area contributed by atoms with Gasteiger partial charge in [0.2, 0.25) is 5.91 Å². The van der Waals surface area contributed by atoms with E-state index in [1.54, 1.807) is 0 Å². The Kier molecular flexibility index (Phi) is 22.8. The van der Waals surface area contributed by atoms with Crippen LogP contribution in [-0.4, -0.2) is 17.6 Å². The number of carbonyl (C=O) groups excluding carboxylic acids is 1. The van der Waals surface area contributed by atoms with E-state index >= 15 is 0 Å². The van der Waals surface area contributed by atoms with Gasteiger partial charge in [0, 0.05) is 13.0 Å². The van der Waals surface area contributed by atoms with Crippen LogP contribution in [0.25, 0.3) is 0 Å². The lowest BCUT2D eigenvalue weighted by Crippen LogP contribution is -2.09. The van der Waals surface area contributed by atoms with Gasteiger partial charge in [-0.3, -0.25) is 4.79 Å². The van der Waals surface area contributed by atoms with Crippen molar-refractivity contribution in [3.63, 3.8) is 0 Å². The minimum absolute atomic E-state index is 0.165. The summed E-state index contributed by atoms with van der Waals surface area (Å²) in [5.41, 5.74) is 5.14. The number of carbonyl (C=O) groups is 1. The number of aliphatic hydroxyl groups excluding tert-OH is 1. The van der Waals surface area contributed by atoms with Crippen LogP contribution in [-0.2, 0) is 4.79 Å². The van der Waals surface area contributed by atoms with Gasteiger partial charge in [0.25, 0.3) is 0 Å². The Morgan fingerprint density at radius 3 is 1.66 bits per heavy atom. The zero-order valence-corrected chi connectivity index (χ0v) is 19.5. The van der Waals surface area contributed by atoms with Crippen LogP contribution < -0.4 is 5.73 Å². The fourth-order valence-corrected chi connectivity index (χ4v) is 3.90. The van der Waals surface area contributed by atoms with Crippen LogP contribution in [0.5, 0.6) is 0 Å². The van der Waals surface area contributed by atoms with Gasteiger partial charge in [0.1, 0.15) is 0 Å². The molecule has 172 valence electrons. The average Bonchev–Trinajstić information content (AvgIpc) is 2.71. The molecule has 0 heterocycles. The molecule has 29 heavy (non-hydrogen) atoms. The summed E-state index contributed by atoms with van der Waals surface area (Å²) in [4.78, 5) is 10.6. The third kappa shape index (κ3) is 23.3. The summed E-state index contributed by atoms with van der Waals surface area (Å²) in [5, 5.41) is 9.39. The highest BCUT2D eigenvalue weighted by molar-refractivity contribution is 5.73. The van der Waals surface area contributed by atoms with E-state index in [2.05, 4.69) is 19.1 Å². The van der Waals surface area contributed by atoms with Crippen molar-refractivity contribution in [3.05, 3.63) is 12.2 Å². The third-order valence-electron chi connectivity index (χ3n) is 5.92. The number of primary amides is 1. The lowest BCUT2D eigenvalue weighted by Gasteiger charge is -2.13. The second kappa shape index (κ2) is 23.4. The standard InChI is InChI=1S/C26H51NO2/c1-2-3-21-25(24-28)22-19-17-15-13-11-9-7-5-4-6-8-10-12-14-16-18-20-23-26(27)29/h4-5,25,28H,2-3,6-24H2,1H3,(H2,27,29)/b5-4-. The quantitative estimate of drug-likeness (QED) is 0.136. The fourth-order valence-electron chi connectivity index (χ4n) is 3.90. The Hall–Kier alpha value is -0.830. The Balaban J connectivity index is 3.22. The summed E-state index contributed by atoms with van der Waals surface area (Å²) in [7, 11) is 0. The molecule has 0 aromatic heterocycles. The van der Waals surface area contributed by atoms with Crippen molar-refractivity contribution in [2.45, 2.75) is 135 Å². The average molecular weight is 410 g/mol. The second-order valence-electron chi connectivity index (χ2n) is 8.84. The highest BCUT2D eigenvalue weighted by atomic mass is 16.3. The summed E-state index contributed by atoms with van der Waals surface area (Å²) in [6.45, 7) is 2.61. The van der Waals surface area contributed by atoms with Crippen molar-refractivity contribution in [1.82, 2.24) is 0 Å². The highest BCUT2D eigenvalue weighted by Crippen LogP contribution is 2.17. The molecule has 1 atom stereocenters. The molecule has 1 unspecified atom stereocenters. The number of allylic oxidation sites excluding steroid dienone is 2. The molecule has 0 aromatic rings. The number of amides is 1. The van der Waals surface area contributed by atoms with Crippen molar-refractivity contribution in [2.75, 3.05) is 6.61 Å². The molecular weight excluding hydrogens is 358 g/mol. The van der Waals surface area contributed by atoms with E-state index in [1.807, 2.05) is 0 Å². The van der Waals surface area contributed by atoms with E-state index in [0.717, 1.165) is 12.8 Å². The molecule has 3 N–H and O–H groups in total. The summed E-state index contributed by atoms with van der Waals surface area (Å²) < 4.78 is 0. The maximum Gasteiger partial charge on any atom is 0.217 e. The molecule has 0 rings (SSSR count). The summed E-state index contributed by atoms with van der Waals surface area (Å²) in [6, 6.07) is 0. The Labute approximate surface area is 181 Å². The normalized spacial score (nSPS) is 12.6.